The number of ether oxygens (including phenoxy) is 2. The molecule has 0 aromatic heterocycles. The Morgan fingerprint density at radius 1 is 1.26 bits per heavy atom. The number of nitrogens with two attached hydrogens (primary N) is 1. The number of primary amides is 1. The molecule has 150 valence electrons. The van der Waals surface area contributed by atoms with Gasteiger partial charge in [0.1, 0.15) is 12.2 Å². The Morgan fingerprint density at radius 3 is 2.59 bits per heavy atom. The van der Waals surface area contributed by atoms with Crippen molar-refractivity contribution >= 4 is 12.2 Å². The lowest BCUT2D eigenvalue weighted by Gasteiger charge is -2.38. The van der Waals surface area contributed by atoms with Crippen LogP contribution < -0.4 is 11.1 Å². The Kier molecular flexibility index (Phi) is 7.47. The van der Waals surface area contributed by atoms with Gasteiger partial charge in [0.2, 0.25) is 0 Å². The Morgan fingerprint density at radius 2 is 1.96 bits per heavy atom. The van der Waals surface area contributed by atoms with Gasteiger partial charge in [-0.15, -0.1) is 0 Å². The fourth-order valence-electron chi connectivity index (χ4n) is 3.86. The predicted octanol–water partition coefficient (Wildman–Crippen LogP) is 2.95. The number of alkyl carbamates (subject to hydrolysis) is 1. The summed E-state index contributed by atoms with van der Waals surface area (Å²) in [6.45, 7) is 3.86. The van der Waals surface area contributed by atoms with Crippen molar-refractivity contribution < 1.29 is 24.2 Å². The number of carbonyl (C=O) groups is 2. The highest BCUT2D eigenvalue weighted by molar-refractivity contribution is 5.67. The highest BCUT2D eigenvalue weighted by Gasteiger charge is 2.35. The van der Waals surface area contributed by atoms with E-state index in [4.69, 9.17) is 15.2 Å². The van der Waals surface area contributed by atoms with Crippen LogP contribution in [0.4, 0.5) is 9.59 Å². The summed E-state index contributed by atoms with van der Waals surface area (Å²) in [6, 6.07) is 9.35. The number of hydrogen-bond donors (Lipinski definition) is 3. The molecule has 3 unspecified atom stereocenters. The fourth-order valence-corrected chi connectivity index (χ4v) is 3.86. The van der Waals surface area contributed by atoms with E-state index in [-0.39, 0.29) is 31.1 Å². The van der Waals surface area contributed by atoms with Crippen LogP contribution in [0.15, 0.2) is 30.3 Å². The van der Waals surface area contributed by atoms with Crippen molar-refractivity contribution in [3.63, 3.8) is 0 Å². The normalized spacial score (nSPS) is 22.7. The molecular weight excluding hydrogens is 348 g/mol. The van der Waals surface area contributed by atoms with Crippen molar-refractivity contribution in [1.29, 1.82) is 0 Å². The summed E-state index contributed by atoms with van der Waals surface area (Å²) in [6.07, 6.45) is 1.76. The van der Waals surface area contributed by atoms with E-state index in [0.717, 1.165) is 24.8 Å². The van der Waals surface area contributed by atoms with E-state index in [2.05, 4.69) is 5.32 Å². The molecule has 0 saturated heterocycles. The molecule has 27 heavy (non-hydrogen) atoms. The molecule has 7 nitrogen and oxygen atoms in total. The van der Waals surface area contributed by atoms with Gasteiger partial charge in [-0.1, -0.05) is 30.3 Å². The number of aliphatic hydroxyl groups is 1. The third-order valence-electron chi connectivity index (χ3n) is 5.00. The number of benzene rings is 1. The maximum atomic E-state index is 12.1. The van der Waals surface area contributed by atoms with Crippen molar-refractivity contribution in [3.05, 3.63) is 35.9 Å². The lowest BCUT2D eigenvalue weighted by atomic mass is 9.74. The van der Waals surface area contributed by atoms with E-state index in [9.17, 15) is 14.7 Å². The van der Waals surface area contributed by atoms with E-state index >= 15 is 0 Å². The summed E-state index contributed by atoms with van der Waals surface area (Å²) in [5.74, 6) is 0.229. The number of carbonyl (C=O) groups excluding carboxylic acids is 2. The van der Waals surface area contributed by atoms with Gasteiger partial charge in [-0.3, -0.25) is 0 Å². The van der Waals surface area contributed by atoms with Crippen LogP contribution in [-0.2, 0) is 16.1 Å². The van der Waals surface area contributed by atoms with Gasteiger partial charge in [0.05, 0.1) is 0 Å². The Labute approximate surface area is 160 Å². The van der Waals surface area contributed by atoms with E-state index in [1.165, 1.54) is 0 Å². The molecule has 0 spiro atoms. The average molecular weight is 378 g/mol. The molecule has 2 rings (SSSR count). The molecule has 1 aromatic carbocycles. The molecule has 0 heterocycles. The first-order chi connectivity index (χ1) is 12.8. The van der Waals surface area contributed by atoms with Crippen LogP contribution in [0, 0.1) is 11.8 Å². The van der Waals surface area contributed by atoms with E-state index < -0.39 is 17.8 Å². The molecule has 1 aromatic rings. The van der Waals surface area contributed by atoms with Crippen molar-refractivity contribution in [1.82, 2.24) is 5.32 Å². The van der Waals surface area contributed by atoms with E-state index in [0.29, 0.717) is 6.42 Å². The maximum absolute atomic E-state index is 12.1. The Hall–Kier alpha value is -2.28. The average Bonchev–Trinajstić information content (AvgIpc) is 2.60. The number of hydrogen-bond acceptors (Lipinski definition) is 5. The van der Waals surface area contributed by atoms with Crippen LogP contribution in [-0.4, -0.2) is 35.5 Å². The van der Waals surface area contributed by atoms with Crippen molar-refractivity contribution in [2.45, 2.75) is 57.8 Å². The molecule has 3 atom stereocenters. The summed E-state index contributed by atoms with van der Waals surface area (Å²) in [4.78, 5) is 23.1. The standard InChI is InChI=1S/C20H30N2O5/c1-20(2,27-18(21)24)11-15-8-9-17(16(10-15)12-23)22-19(25)26-13-14-6-4-3-5-7-14/h3-7,15-17,23H,8-13H2,1-2H3,(H2,21,24)(H,22,25). The quantitative estimate of drug-likeness (QED) is 0.675. The van der Waals surface area contributed by atoms with Gasteiger partial charge in [-0.05, 0) is 51.0 Å². The van der Waals surface area contributed by atoms with Gasteiger partial charge in [0.15, 0.2) is 0 Å². The minimum atomic E-state index is -0.782. The number of amides is 2. The zero-order valence-electron chi connectivity index (χ0n) is 16.0. The zero-order chi connectivity index (χ0) is 19.9. The molecule has 4 N–H and O–H groups in total. The molecule has 7 heteroatoms. The largest absolute Gasteiger partial charge is 0.445 e. The maximum Gasteiger partial charge on any atom is 0.407 e. The van der Waals surface area contributed by atoms with Gasteiger partial charge in [-0.25, -0.2) is 9.59 Å². The highest BCUT2D eigenvalue weighted by atomic mass is 16.6. The molecule has 2 amide bonds. The molecule has 0 aliphatic heterocycles. The lowest BCUT2D eigenvalue weighted by Crippen LogP contribution is -2.46. The second-order valence-electron chi connectivity index (χ2n) is 7.82. The summed E-state index contributed by atoms with van der Waals surface area (Å²) in [5.41, 5.74) is 5.40. The minimum Gasteiger partial charge on any atom is -0.445 e. The second-order valence-corrected chi connectivity index (χ2v) is 7.82. The van der Waals surface area contributed by atoms with Gasteiger partial charge in [0.25, 0.3) is 0 Å². The molecule has 0 radical (unpaired) electrons. The predicted molar refractivity (Wildman–Crippen MR) is 101 cm³/mol. The first kappa shape index (κ1) is 21.0. The monoisotopic (exact) mass is 378 g/mol. The summed E-state index contributed by atoms with van der Waals surface area (Å²) in [7, 11) is 0. The van der Waals surface area contributed by atoms with Crippen LogP contribution in [0.3, 0.4) is 0 Å². The molecule has 1 aliphatic rings. The lowest BCUT2D eigenvalue weighted by molar-refractivity contribution is 0.0117. The van der Waals surface area contributed by atoms with Gasteiger partial charge < -0.3 is 25.6 Å². The molecule has 0 bridgehead atoms. The number of nitrogens with one attached hydrogen (secondary N) is 1. The second kappa shape index (κ2) is 9.60. The van der Waals surface area contributed by atoms with Crippen molar-refractivity contribution in [2.24, 2.45) is 17.6 Å². The van der Waals surface area contributed by atoms with Gasteiger partial charge in [-0.2, -0.15) is 0 Å². The van der Waals surface area contributed by atoms with Crippen LogP contribution in [0.5, 0.6) is 0 Å². The number of aliphatic hydroxyl groups excluding tert-OH is 1. The van der Waals surface area contributed by atoms with E-state index in [1.54, 1.807) is 0 Å². The third kappa shape index (κ3) is 7.09. The highest BCUT2D eigenvalue weighted by Crippen LogP contribution is 2.35. The minimum absolute atomic E-state index is 0.0166. The summed E-state index contributed by atoms with van der Waals surface area (Å²) >= 11 is 0. The molecule has 1 aliphatic carbocycles. The smallest absolute Gasteiger partial charge is 0.407 e. The van der Waals surface area contributed by atoms with Crippen LogP contribution in [0.25, 0.3) is 0 Å². The van der Waals surface area contributed by atoms with Gasteiger partial charge >= 0.3 is 12.2 Å². The van der Waals surface area contributed by atoms with Crippen LogP contribution in [0.2, 0.25) is 0 Å². The molecular formula is C20H30N2O5. The SMILES string of the molecule is CC(C)(CC1CCC(NC(=O)OCc2ccccc2)C(CO)C1)OC(N)=O. The van der Waals surface area contributed by atoms with Crippen molar-refractivity contribution in [3.8, 4) is 0 Å². The first-order valence-electron chi connectivity index (χ1n) is 9.35. The van der Waals surface area contributed by atoms with Gasteiger partial charge in [0, 0.05) is 18.6 Å². The Balaban J connectivity index is 1.81. The number of rotatable bonds is 7. The van der Waals surface area contributed by atoms with Crippen molar-refractivity contribution in [2.75, 3.05) is 6.61 Å². The fraction of sp³-hybridized carbons (Fsp3) is 0.600. The molecule has 1 fully saturated rings. The summed E-state index contributed by atoms with van der Waals surface area (Å²) in [5, 5.41) is 12.6. The third-order valence-corrected chi connectivity index (χ3v) is 5.00. The first-order valence-corrected chi connectivity index (χ1v) is 9.35. The summed E-state index contributed by atoms with van der Waals surface area (Å²) < 4.78 is 10.4. The van der Waals surface area contributed by atoms with Crippen LogP contribution >= 0.6 is 0 Å². The zero-order valence-corrected chi connectivity index (χ0v) is 16.0. The van der Waals surface area contributed by atoms with Crippen LogP contribution in [0.1, 0.15) is 45.1 Å². The topological polar surface area (TPSA) is 111 Å². The van der Waals surface area contributed by atoms with E-state index in [1.807, 2.05) is 44.2 Å². The molecule has 1 saturated carbocycles. The Bertz CT molecular complexity index is 620.